The smallest absolute Gasteiger partial charge is 0.234 e. The minimum Gasteiger partial charge on any atom is -0.378 e. The Morgan fingerprint density at radius 3 is 2.58 bits per heavy atom. The van der Waals surface area contributed by atoms with Gasteiger partial charge in [-0.05, 0) is 44.9 Å². The number of nitrogens with two attached hydrogens (primary N) is 1. The number of ether oxygens (including phenoxy) is 1. The summed E-state index contributed by atoms with van der Waals surface area (Å²) in [5.41, 5.74) is 7.39. The molecule has 0 aliphatic carbocycles. The number of benzene rings is 1. The van der Waals surface area contributed by atoms with Crippen LogP contribution in [0.3, 0.4) is 0 Å². The van der Waals surface area contributed by atoms with E-state index >= 15 is 0 Å². The number of amides is 2. The summed E-state index contributed by atoms with van der Waals surface area (Å²) >= 11 is 1.35. The van der Waals surface area contributed by atoms with Gasteiger partial charge in [-0.1, -0.05) is 17.7 Å². The first kappa shape index (κ1) is 20.7. The van der Waals surface area contributed by atoms with Crippen molar-refractivity contribution in [2.75, 3.05) is 43.1 Å². The van der Waals surface area contributed by atoms with E-state index in [1.54, 1.807) is 0 Å². The summed E-state index contributed by atoms with van der Waals surface area (Å²) < 4.78 is 5.75. The summed E-state index contributed by atoms with van der Waals surface area (Å²) in [7, 11) is 0. The highest BCUT2D eigenvalue weighted by atomic mass is 32.2. The molecule has 6 nitrogen and oxygen atoms in total. The lowest BCUT2D eigenvalue weighted by molar-refractivity contribution is -0.130. The van der Waals surface area contributed by atoms with Crippen molar-refractivity contribution >= 4 is 29.3 Å². The molecule has 3 N–H and O–H groups in total. The molecular formula is C19H29N3O3S. The molecule has 0 unspecified atom stereocenters. The molecule has 0 radical (unpaired) electrons. The number of aryl methyl sites for hydroxylation is 1. The fourth-order valence-corrected chi connectivity index (χ4v) is 3.48. The third-order valence-electron chi connectivity index (χ3n) is 4.29. The molecule has 7 heteroatoms. The van der Waals surface area contributed by atoms with Gasteiger partial charge in [-0.3, -0.25) is 9.59 Å². The van der Waals surface area contributed by atoms with Crippen LogP contribution in [0.2, 0.25) is 0 Å². The highest BCUT2D eigenvalue weighted by molar-refractivity contribution is 8.00. The van der Waals surface area contributed by atoms with E-state index in [1.807, 2.05) is 36.1 Å². The number of nitrogens with one attached hydrogen (secondary N) is 1. The number of anilines is 1. The van der Waals surface area contributed by atoms with Crippen LogP contribution in [0.25, 0.3) is 0 Å². The van der Waals surface area contributed by atoms with Gasteiger partial charge in [0.25, 0.3) is 0 Å². The van der Waals surface area contributed by atoms with Gasteiger partial charge in [-0.15, -0.1) is 11.8 Å². The number of hydrogen-bond donors (Lipinski definition) is 2. The molecule has 144 valence electrons. The molecular weight excluding hydrogens is 350 g/mol. The number of piperidine rings is 1. The number of hydrogen-bond acceptors (Lipinski definition) is 5. The molecule has 0 atom stereocenters. The Balaban J connectivity index is 1.60. The Morgan fingerprint density at radius 2 is 1.92 bits per heavy atom. The maximum atomic E-state index is 12.3. The number of carbonyl (C=O) groups is 2. The maximum absolute atomic E-state index is 12.3. The van der Waals surface area contributed by atoms with Gasteiger partial charge in [0.2, 0.25) is 11.8 Å². The molecule has 26 heavy (non-hydrogen) atoms. The zero-order valence-electron chi connectivity index (χ0n) is 15.4. The number of nitrogens with zero attached hydrogens (tertiary/aromatic N) is 1. The van der Waals surface area contributed by atoms with Crippen molar-refractivity contribution in [3.63, 3.8) is 0 Å². The highest BCUT2D eigenvalue weighted by Crippen LogP contribution is 2.16. The van der Waals surface area contributed by atoms with Crippen LogP contribution in [0.5, 0.6) is 0 Å². The van der Waals surface area contributed by atoms with Gasteiger partial charge in [-0.2, -0.15) is 0 Å². The maximum Gasteiger partial charge on any atom is 0.234 e. The fraction of sp³-hybridized carbons (Fsp3) is 0.579. The molecule has 1 aromatic rings. The van der Waals surface area contributed by atoms with Gasteiger partial charge in [-0.25, -0.2) is 0 Å². The normalized spacial score (nSPS) is 15.1. The first-order valence-corrected chi connectivity index (χ1v) is 10.3. The SMILES string of the molecule is Cc1ccc(NC(=O)CSCC(=O)N2CCC(OCCCN)CC2)cc1. The second-order valence-electron chi connectivity index (χ2n) is 6.50. The Kier molecular flexibility index (Phi) is 8.94. The van der Waals surface area contributed by atoms with Crippen LogP contribution in [0.1, 0.15) is 24.8 Å². The number of carbonyl (C=O) groups excluding carboxylic acids is 2. The van der Waals surface area contributed by atoms with E-state index in [0.29, 0.717) is 18.9 Å². The predicted octanol–water partition coefficient (Wildman–Crippen LogP) is 2.02. The number of rotatable bonds is 9. The first-order valence-electron chi connectivity index (χ1n) is 9.12. The summed E-state index contributed by atoms with van der Waals surface area (Å²) in [5, 5.41) is 2.84. The third-order valence-corrected chi connectivity index (χ3v) is 5.21. The monoisotopic (exact) mass is 379 g/mol. The van der Waals surface area contributed by atoms with Crippen molar-refractivity contribution in [1.29, 1.82) is 0 Å². The van der Waals surface area contributed by atoms with Crippen LogP contribution in [-0.2, 0) is 14.3 Å². The van der Waals surface area contributed by atoms with Crippen LogP contribution in [0.4, 0.5) is 5.69 Å². The Morgan fingerprint density at radius 1 is 1.23 bits per heavy atom. The van der Waals surface area contributed by atoms with Crippen molar-refractivity contribution in [2.45, 2.75) is 32.3 Å². The highest BCUT2D eigenvalue weighted by Gasteiger charge is 2.23. The van der Waals surface area contributed by atoms with Gasteiger partial charge in [0.05, 0.1) is 17.6 Å². The van der Waals surface area contributed by atoms with Gasteiger partial charge >= 0.3 is 0 Å². The summed E-state index contributed by atoms with van der Waals surface area (Å²) in [6, 6.07) is 7.66. The fourth-order valence-electron chi connectivity index (χ4n) is 2.76. The molecule has 2 amide bonds. The molecule has 0 spiro atoms. The lowest BCUT2D eigenvalue weighted by Crippen LogP contribution is -2.42. The van der Waals surface area contributed by atoms with Gasteiger partial charge in [0.1, 0.15) is 0 Å². The summed E-state index contributed by atoms with van der Waals surface area (Å²) in [4.78, 5) is 26.1. The van der Waals surface area contributed by atoms with E-state index in [4.69, 9.17) is 10.5 Å². The molecule has 0 saturated carbocycles. The van der Waals surface area contributed by atoms with Crippen LogP contribution in [0.15, 0.2) is 24.3 Å². The third kappa shape index (κ3) is 7.35. The molecule has 0 aromatic heterocycles. The lowest BCUT2D eigenvalue weighted by atomic mass is 10.1. The van der Waals surface area contributed by atoms with Crippen LogP contribution >= 0.6 is 11.8 Å². The standard InChI is InChI=1S/C19H29N3O3S/c1-15-3-5-16(6-4-15)21-18(23)13-26-14-19(24)22-10-7-17(8-11-22)25-12-2-9-20/h3-6,17H,2,7-14,20H2,1H3,(H,21,23). The summed E-state index contributed by atoms with van der Waals surface area (Å²) in [6.45, 7) is 4.79. The van der Waals surface area contributed by atoms with Crippen LogP contribution < -0.4 is 11.1 Å². The van der Waals surface area contributed by atoms with Crippen LogP contribution in [0, 0.1) is 6.92 Å². The topological polar surface area (TPSA) is 84.7 Å². The average molecular weight is 380 g/mol. The van der Waals surface area contributed by atoms with Crippen molar-refractivity contribution in [3.8, 4) is 0 Å². The molecule has 1 fully saturated rings. The van der Waals surface area contributed by atoms with E-state index in [0.717, 1.165) is 43.6 Å². The minimum atomic E-state index is -0.0846. The Labute approximate surface area is 159 Å². The van der Waals surface area contributed by atoms with E-state index in [-0.39, 0.29) is 23.7 Å². The van der Waals surface area contributed by atoms with E-state index in [9.17, 15) is 9.59 Å². The molecule has 0 bridgehead atoms. The molecule has 1 aliphatic heterocycles. The van der Waals surface area contributed by atoms with E-state index < -0.39 is 0 Å². The molecule has 1 heterocycles. The molecule has 1 aliphatic rings. The molecule has 1 saturated heterocycles. The number of thioether (sulfide) groups is 1. The van der Waals surface area contributed by atoms with Crippen molar-refractivity contribution in [3.05, 3.63) is 29.8 Å². The van der Waals surface area contributed by atoms with Crippen molar-refractivity contribution in [2.24, 2.45) is 5.73 Å². The second kappa shape index (κ2) is 11.2. The van der Waals surface area contributed by atoms with Crippen molar-refractivity contribution in [1.82, 2.24) is 4.90 Å². The quantitative estimate of drug-likeness (QED) is 0.641. The van der Waals surface area contributed by atoms with E-state index in [1.165, 1.54) is 11.8 Å². The van der Waals surface area contributed by atoms with Gasteiger partial charge < -0.3 is 20.7 Å². The second-order valence-corrected chi connectivity index (χ2v) is 7.49. The summed E-state index contributed by atoms with van der Waals surface area (Å²) in [6.07, 6.45) is 2.85. The summed E-state index contributed by atoms with van der Waals surface area (Å²) in [5.74, 6) is 0.621. The van der Waals surface area contributed by atoms with Crippen molar-refractivity contribution < 1.29 is 14.3 Å². The average Bonchev–Trinajstić information content (AvgIpc) is 2.64. The molecule has 1 aromatic carbocycles. The zero-order chi connectivity index (χ0) is 18.8. The Bertz CT molecular complexity index is 572. The van der Waals surface area contributed by atoms with Gasteiger partial charge in [0.15, 0.2) is 0 Å². The predicted molar refractivity (Wildman–Crippen MR) is 106 cm³/mol. The number of likely N-dealkylation sites (tertiary alicyclic amines) is 1. The van der Waals surface area contributed by atoms with Crippen LogP contribution in [-0.4, -0.2) is 60.6 Å². The zero-order valence-corrected chi connectivity index (χ0v) is 16.2. The van der Waals surface area contributed by atoms with Gasteiger partial charge in [0, 0.05) is 25.4 Å². The minimum absolute atomic E-state index is 0.0846. The molecule has 2 rings (SSSR count). The Hall–Kier alpha value is -1.57. The largest absolute Gasteiger partial charge is 0.378 e. The lowest BCUT2D eigenvalue weighted by Gasteiger charge is -2.32. The van der Waals surface area contributed by atoms with E-state index in [2.05, 4.69) is 5.32 Å². The first-order chi connectivity index (χ1) is 12.6.